The minimum atomic E-state index is -0.525. The highest BCUT2D eigenvalue weighted by molar-refractivity contribution is 5.95. The predicted octanol–water partition coefficient (Wildman–Crippen LogP) is 3.64. The van der Waals surface area contributed by atoms with E-state index in [1.165, 1.54) is 30.5 Å². The van der Waals surface area contributed by atoms with E-state index in [9.17, 15) is 13.6 Å². The van der Waals surface area contributed by atoms with Gasteiger partial charge in [0, 0.05) is 24.2 Å². The van der Waals surface area contributed by atoms with Gasteiger partial charge in [0.15, 0.2) is 0 Å². The van der Waals surface area contributed by atoms with Crippen molar-refractivity contribution in [3.63, 3.8) is 0 Å². The first-order valence-electron chi connectivity index (χ1n) is 8.18. The molecule has 4 nitrogen and oxygen atoms in total. The number of nitrogens with one attached hydrogen (secondary N) is 1. The van der Waals surface area contributed by atoms with Crippen LogP contribution in [0.5, 0.6) is 0 Å². The molecule has 1 aliphatic heterocycles. The van der Waals surface area contributed by atoms with Crippen LogP contribution in [0.15, 0.2) is 41.5 Å². The van der Waals surface area contributed by atoms with Crippen LogP contribution in [-0.4, -0.2) is 25.2 Å². The minimum Gasteiger partial charge on any atom is -0.369 e. The molecule has 1 heterocycles. The lowest BCUT2D eigenvalue weighted by Gasteiger charge is -2.19. The molecule has 1 fully saturated rings. The molecule has 0 saturated carbocycles. The second-order valence-corrected chi connectivity index (χ2v) is 6.06. The van der Waals surface area contributed by atoms with E-state index in [0.717, 1.165) is 37.6 Å². The molecular weight excluding hydrogens is 324 g/mol. The smallest absolute Gasteiger partial charge is 0.271 e. The third kappa shape index (κ3) is 4.02. The van der Waals surface area contributed by atoms with Gasteiger partial charge in [0.25, 0.3) is 5.91 Å². The average Bonchev–Trinajstić information content (AvgIpc) is 3.11. The van der Waals surface area contributed by atoms with Gasteiger partial charge >= 0.3 is 0 Å². The van der Waals surface area contributed by atoms with Crippen LogP contribution in [0.1, 0.15) is 34.3 Å². The maximum absolute atomic E-state index is 14.3. The molecule has 0 atom stereocenters. The van der Waals surface area contributed by atoms with Crippen LogP contribution < -0.4 is 10.3 Å². The van der Waals surface area contributed by atoms with Crippen molar-refractivity contribution < 1.29 is 13.6 Å². The summed E-state index contributed by atoms with van der Waals surface area (Å²) >= 11 is 0. The molecule has 2 aromatic rings. The molecule has 0 aliphatic carbocycles. The number of halogens is 2. The Hall–Kier alpha value is -2.76. The zero-order valence-electron chi connectivity index (χ0n) is 13.9. The van der Waals surface area contributed by atoms with Crippen molar-refractivity contribution in [2.75, 3.05) is 18.0 Å². The van der Waals surface area contributed by atoms with Crippen molar-refractivity contribution in [3.05, 3.63) is 64.7 Å². The summed E-state index contributed by atoms with van der Waals surface area (Å²) in [4.78, 5) is 13.9. The summed E-state index contributed by atoms with van der Waals surface area (Å²) in [7, 11) is 0. The van der Waals surface area contributed by atoms with E-state index in [2.05, 4.69) is 10.5 Å². The summed E-state index contributed by atoms with van der Waals surface area (Å²) in [5.74, 6) is -1.32. The van der Waals surface area contributed by atoms with Crippen LogP contribution in [0, 0.1) is 18.6 Å². The molecule has 0 unspecified atom stereocenters. The standard InChI is InChI=1S/C19H19F2N3O/c1-13-9-18(24-7-2-3-8-24)17(21)11-15(13)12-22-23-19(25)14-5-4-6-16(20)10-14/h4-6,9-12H,2-3,7-8H2,1H3,(H,23,25). The first-order valence-corrected chi connectivity index (χ1v) is 8.18. The minimum absolute atomic E-state index is 0.171. The molecule has 2 aromatic carbocycles. The predicted molar refractivity (Wildman–Crippen MR) is 94.0 cm³/mol. The summed E-state index contributed by atoms with van der Waals surface area (Å²) in [6, 6.07) is 8.54. The Morgan fingerprint density at radius 2 is 1.96 bits per heavy atom. The van der Waals surface area contributed by atoms with Gasteiger partial charge in [-0.05, 0) is 55.7 Å². The van der Waals surface area contributed by atoms with Gasteiger partial charge < -0.3 is 4.90 Å². The van der Waals surface area contributed by atoms with Crippen molar-refractivity contribution in [3.8, 4) is 0 Å². The molecule has 0 spiro atoms. The number of hydrazone groups is 1. The van der Waals surface area contributed by atoms with Gasteiger partial charge in [0.1, 0.15) is 11.6 Å². The van der Waals surface area contributed by atoms with Gasteiger partial charge in [-0.25, -0.2) is 14.2 Å². The van der Waals surface area contributed by atoms with E-state index in [4.69, 9.17) is 0 Å². The molecule has 1 N–H and O–H groups in total. The fourth-order valence-corrected chi connectivity index (χ4v) is 2.88. The van der Waals surface area contributed by atoms with Gasteiger partial charge in [0.2, 0.25) is 0 Å². The topological polar surface area (TPSA) is 44.7 Å². The fourth-order valence-electron chi connectivity index (χ4n) is 2.88. The number of carbonyl (C=O) groups is 1. The second-order valence-electron chi connectivity index (χ2n) is 6.06. The first kappa shape index (κ1) is 17.1. The number of nitrogens with zero attached hydrogens (tertiary/aromatic N) is 2. The van der Waals surface area contributed by atoms with Gasteiger partial charge in [-0.2, -0.15) is 5.10 Å². The Morgan fingerprint density at radius 3 is 2.68 bits per heavy atom. The van der Waals surface area contributed by atoms with E-state index in [-0.39, 0.29) is 11.4 Å². The number of aryl methyl sites for hydroxylation is 1. The van der Waals surface area contributed by atoms with Crippen molar-refractivity contribution in [2.45, 2.75) is 19.8 Å². The quantitative estimate of drug-likeness (QED) is 0.680. The number of anilines is 1. The maximum Gasteiger partial charge on any atom is 0.271 e. The molecule has 130 valence electrons. The van der Waals surface area contributed by atoms with Crippen molar-refractivity contribution in [1.29, 1.82) is 0 Å². The number of hydrogen-bond acceptors (Lipinski definition) is 3. The van der Waals surface area contributed by atoms with Crippen LogP contribution in [0.3, 0.4) is 0 Å². The Bertz CT molecular complexity index is 814. The fraction of sp³-hybridized carbons (Fsp3) is 0.263. The van der Waals surface area contributed by atoms with Crippen molar-refractivity contribution >= 4 is 17.8 Å². The van der Waals surface area contributed by atoms with Crippen molar-refractivity contribution in [2.24, 2.45) is 5.10 Å². The van der Waals surface area contributed by atoms with Gasteiger partial charge in [-0.1, -0.05) is 6.07 Å². The van der Waals surface area contributed by atoms with Gasteiger partial charge in [-0.15, -0.1) is 0 Å². The molecule has 1 aliphatic rings. The summed E-state index contributed by atoms with van der Waals surface area (Å²) < 4.78 is 27.5. The van der Waals surface area contributed by atoms with Crippen molar-refractivity contribution in [1.82, 2.24) is 5.43 Å². The first-order chi connectivity index (χ1) is 12.0. The van der Waals surface area contributed by atoms with E-state index in [0.29, 0.717) is 11.3 Å². The van der Waals surface area contributed by atoms with E-state index >= 15 is 0 Å². The van der Waals surface area contributed by atoms with Crippen LogP contribution in [0.2, 0.25) is 0 Å². The largest absolute Gasteiger partial charge is 0.369 e. The van der Waals surface area contributed by atoms with E-state index in [1.807, 2.05) is 11.8 Å². The van der Waals surface area contributed by atoms with E-state index in [1.54, 1.807) is 6.07 Å². The summed E-state index contributed by atoms with van der Waals surface area (Å²) in [5, 5.41) is 3.85. The lowest BCUT2D eigenvalue weighted by molar-refractivity contribution is 0.0954. The molecule has 1 amide bonds. The highest BCUT2D eigenvalue weighted by Gasteiger charge is 2.17. The van der Waals surface area contributed by atoms with Gasteiger partial charge in [-0.3, -0.25) is 4.79 Å². The average molecular weight is 343 g/mol. The number of carbonyl (C=O) groups excluding carboxylic acids is 1. The SMILES string of the molecule is Cc1cc(N2CCCC2)c(F)cc1C=NNC(=O)c1cccc(F)c1. The summed E-state index contributed by atoms with van der Waals surface area (Å²) in [6.45, 7) is 3.61. The lowest BCUT2D eigenvalue weighted by atomic mass is 10.1. The lowest BCUT2D eigenvalue weighted by Crippen LogP contribution is -2.19. The second kappa shape index (κ2) is 7.42. The Balaban J connectivity index is 1.71. The monoisotopic (exact) mass is 343 g/mol. The molecule has 0 aromatic heterocycles. The molecule has 6 heteroatoms. The highest BCUT2D eigenvalue weighted by Crippen LogP contribution is 2.26. The van der Waals surface area contributed by atoms with Gasteiger partial charge in [0.05, 0.1) is 11.9 Å². The molecule has 1 saturated heterocycles. The van der Waals surface area contributed by atoms with Crippen LogP contribution in [0.25, 0.3) is 0 Å². The van der Waals surface area contributed by atoms with Crippen LogP contribution in [-0.2, 0) is 0 Å². The Labute approximate surface area is 145 Å². The Kier molecular flexibility index (Phi) is 5.07. The summed E-state index contributed by atoms with van der Waals surface area (Å²) in [6.07, 6.45) is 3.55. The zero-order chi connectivity index (χ0) is 17.8. The van der Waals surface area contributed by atoms with Crippen LogP contribution in [0.4, 0.5) is 14.5 Å². The maximum atomic E-state index is 14.3. The molecular formula is C19H19F2N3O. The molecule has 3 rings (SSSR count). The summed E-state index contributed by atoms with van der Waals surface area (Å²) in [5.41, 5.74) is 4.55. The molecule has 0 bridgehead atoms. The third-order valence-electron chi connectivity index (χ3n) is 4.24. The number of rotatable bonds is 4. The number of benzene rings is 2. The highest BCUT2D eigenvalue weighted by atomic mass is 19.1. The number of hydrogen-bond donors (Lipinski definition) is 1. The Morgan fingerprint density at radius 1 is 1.20 bits per heavy atom. The zero-order valence-corrected chi connectivity index (χ0v) is 13.9. The number of amides is 1. The normalized spacial score (nSPS) is 14.3. The molecule has 0 radical (unpaired) electrons. The van der Waals surface area contributed by atoms with Crippen LogP contribution >= 0.6 is 0 Å². The van der Waals surface area contributed by atoms with E-state index < -0.39 is 11.7 Å². The molecule has 25 heavy (non-hydrogen) atoms. The third-order valence-corrected chi connectivity index (χ3v) is 4.24.